The van der Waals surface area contributed by atoms with Crippen molar-refractivity contribution >= 4 is 28.6 Å². The average Bonchev–Trinajstić information content (AvgIpc) is 3.00. The first-order valence-corrected chi connectivity index (χ1v) is 15.8. The molecule has 0 radical (unpaired) electrons. The fourth-order valence-electron chi connectivity index (χ4n) is 5.34. The van der Waals surface area contributed by atoms with Crippen molar-refractivity contribution in [3.8, 4) is 0 Å². The molecule has 0 aliphatic heterocycles. The van der Waals surface area contributed by atoms with Gasteiger partial charge in [0.2, 0.25) is 0 Å². The van der Waals surface area contributed by atoms with Crippen LogP contribution in [0.15, 0.2) is 66.7 Å². The largest absolute Gasteiger partial charge is 0.459 e. The first-order valence-electron chi connectivity index (χ1n) is 15.8. The molecule has 6 nitrogen and oxygen atoms in total. The molecule has 3 aromatic carbocycles. The summed E-state index contributed by atoms with van der Waals surface area (Å²) in [7, 11) is 0. The van der Waals surface area contributed by atoms with Crippen LogP contribution in [0.3, 0.4) is 0 Å². The van der Waals surface area contributed by atoms with Crippen LogP contribution in [0.25, 0.3) is 10.8 Å². The fourth-order valence-corrected chi connectivity index (χ4v) is 5.34. The number of rotatable bonds is 18. The van der Waals surface area contributed by atoms with Gasteiger partial charge in [0.05, 0.1) is 6.61 Å². The lowest BCUT2D eigenvalue weighted by Gasteiger charge is -2.20. The molecule has 3 aromatic rings. The van der Waals surface area contributed by atoms with E-state index < -0.39 is 11.9 Å². The molecule has 0 spiro atoms. The molecule has 0 aliphatic rings. The number of amides is 2. The fraction of sp³-hybridized carbons (Fsp3) is 0.472. The van der Waals surface area contributed by atoms with Crippen molar-refractivity contribution in [2.24, 2.45) is 0 Å². The van der Waals surface area contributed by atoms with Gasteiger partial charge < -0.3 is 15.4 Å². The second-order valence-corrected chi connectivity index (χ2v) is 11.1. The molecule has 0 aliphatic carbocycles. The van der Waals surface area contributed by atoms with Gasteiger partial charge in [0.1, 0.15) is 0 Å². The number of hydrogen-bond acceptors (Lipinski definition) is 4. The van der Waals surface area contributed by atoms with Crippen molar-refractivity contribution < 1.29 is 19.1 Å². The van der Waals surface area contributed by atoms with Gasteiger partial charge in [-0.05, 0) is 60.2 Å². The van der Waals surface area contributed by atoms with Crippen molar-refractivity contribution in [2.75, 3.05) is 13.2 Å². The van der Waals surface area contributed by atoms with Crippen LogP contribution in [0.1, 0.15) is 99.5 Å². The molecule has 1 unspecified atom stereocenters. The maximum Gasteiger partial charge on any atom is 0.396 e. The molecule has 2 N–H and O–H groups in total. The molecule has 0 heterocycles. The highest BCUT2D eigenvalue weighted by molar-refractivity contribution is 6.32. The summed E-state index contributed by atoms with van der Waals surface area (Å²) in [5.74, 6) is -1.69. The quantitative estimate of drug-likeness (QED) is 0.0950. The van der Waals surface area contributed by atoms with Crippen LogP contribution in [0.2, 0.25) is 0 Å². The van der Waals surface area contributed by atoms with E-state index in [0.717, 1.165) is 34.7 Å². The van der Waals surface area contributed by atoms with E-state index in [4.69, 9.17) is 4.74 Å². The molecular weight excluding hydrogens is 524 g/mol. The number of hydrogen-bond donors (Lipinski definition) is 2. The normalized spacial score (nSPS) is 11.7. The van der Waals surface area contributed by atoms with Gasteiger partial charge in [0.25, 0.3) is 5.91 Å². The molecular formula is C36H48N2O4. The highest BCUT2D eigenvalue weighted by Crippen LogP contribution is 2.21. The highest BCUT2D eigenvalue weighted by Gasteiger charge is 2.21. The van der Waals surface area contributed by atoms with Gasteiger partial charge >= 0.3 is 11.9 Å². The molecule has 0 saturated carbocycles. The molecule has 3 rings (SSSR count). The van der Waals surface area contributed by atoms with Crippen LogP contribution < -0.4 is 10.6 Å². The van der Waals surface area contributed by atoms with E-state index in [9.17, 15) is 14.4 Å². The monoisotopic (exact) mass is 572 g/mol. The Morgan fingerprint density at radius 3 is 2.05 bits per heavy atom. The van der Waals surface area contributed by atoms with Crippen LogP contribution in [-0.2, 0) is 27.2 Å². The molecule has 0 fully saturated rings. The SMILES string of the molecule is CCCCCCCCCCCCNC(=O)c1ccc(CC(Cc2cccc3ccccc23)NC(=O)C(=O)OCC)cc1. The van der Waals surface area contributed by atoms with Crippen LogP contribution in [0.5, 0.6) is 0 Å². The van der Waals surface area contributed by atoms with E-state index in [-0.39, 0.29) is 18.6 Å². The molecule has 0 aromatic heterocycles. The summed E-state index contributed by atoms with van der Waals surface area (Å²) < 4.78 is 4.90. The minimum absolute atomic E-state index is 0.0691. The van der Waals surface area contributed by atoms with Gasteiger partial charge in [-0.15, -0.1) is 0 Å². The summed E-state index contributed by atoms with van der Waals surface area (Å²) in [6, 6.07) is 21.4. The zero-order chi connectivity index (χ0) is 30.0. The average molecular weight is 573 g/mol. The van der Waals surface area contributed by atoms with E-state index >= 15 is 0 Å². The molecule has 0 bridgehead atoms. The third-order valence-corrected chi connectivity index (χ3v) is 7.66. The molecule has 2 amide bonds. The summed E-state index contributed by atoms with van der Waals surface area (Å²) >= 11 is 0. The van der Waals surface area contributed by atoms with E-state index in [2.05, 4.69) is 35.8 Å². The topological polar surface area (TPSA) is 84.5 Å². The summed E-state index contributed by atoms with van der Waals surface area (Å²) in [6.07, 6.45) is 13.7. The predicted molar refractivity (Wildman–Crippen MR) is 171 cm³/mol. The van der Waals surface area contributed by atoms with Crippen LogP contribution >= 0.6 is 0 Å². The third-order valence-electron chi connectivity index (χ3n) is 7.66. The smallest absolute Gasteiger partial charge is 0.396 e. The van der Waals surface area contributed by atoms with Crippen molar-refractivity contribution in [2.45, 2.75) is 96.9 Å². The molecule has 0 saturated heterocycles. The number of unbranched alkanes of at least 4 members (excludes halogenated alkanes) is 9. The van der Waals surface area contributed by atoms with E-state index in [1.54, 1.807) is 6.92 Å². The summed E-state index contributed by atoms with van der Waals surface area (Å²) in [5.41, 5.74) is 2.67. The first kappa shape index (κ1) is 32.8. The van der Waals surface area contributed by atoms with E-state index in [1.165, 1.54) is 51.4 Å². The zero-order valence-electron chi connectivity index (χ0n) is 25.5. The maximum atomic E-state index is 12.7. The van der Waals surface area contributed by atoms with Gasteiger partial charge in [-0.1, -0.05) is 119 Å². The van der Waals surface area contributed by atoms with Crippen LogP contribution in [0, 0.1) is 0 Å². The number of carbonyl (C=O) groups excluding carboxylic acids is 3. The lowest BCUT2D eigenvalue weighted by molar-refractivity contribution is -0.154. The van der Waals surface area contributed by atoms with Gasteiger partial charge in [-0.2, -0.15) is 0 Å². The standard InChI is InChI=1S/C36H48N2O4/c1-3-5-6-7-8-9-10-11-12-15-25-37-34(39)30-23-21-28(22-24-30)26-32(38-35(40)36(41)42-4-2)27-31-19-16-18-29-17-13-14-20-33(29)31/h13-14,16-24,32H,3-12,15,25-27H2,1-2H3,(H,37,39)(H,38,40). The van der Waals surface area contributed by atoms with Crippen molar-refractivity contribution in [3.05, 3.63) is 83.4 Å². The Hall–Kier alpha value is -3.67. The van der Waals surface area contributed by atoms with E-state index in [1.807, 2.05) is 48.5 Å². The van der Waals surface area contributed by atoms with Gasteiger partial charge in [-0.3, -0.25) is 9.59 Å². The Morgan fingerprint density at radius 2 is 1.36 bits per heavy atom. The number of benzene rings is 3. The Kier molecular flexibility index (Phi) is 14.6. The Morgan fingerprint density at radius 1 is 0.714 bits per heavy atom. The van der Waals surface area contributed by atoms with E-state index in [0.29, 0.717) is 24.9 Å². The maximum absolute atomic E-state index is 12.7. The van der Waals surface area contributed by atoms with Crippen LogP contribution in [0.4, 0.5) is 0 Å². The van der Waals surface area contributed by atoms with Gasteiger partial charge in [-0.25, -0.2) is 4.79 Å². The Labute approximate surface area is 251 Å². The Bertz CT molecular complexity index is 1250. The number of ether oxygens (including phenoxy) is 1. The summed E-state index contributed by atoms with van der Waals surface area (Å²) in [6.45, 7) is 4.75. The first-order chi connectivity index (χ1) is 20.5. The number of fused-ring (bicyclic) bond motifs is 1. The van der Waals surface area contributed by atoms with Gasteiger partial charge in [0, 0.05) is 18.2 Å². The zero-order valence-corrected chi connectivity index (χ0v) is 25.5. The highest BCUT2D eigenvalue weighted by atomic mass is 16.5. The van der Waals surface area contributed by atoms with Crippen molar-refractivity contribution in [1.82, 2.24) is 10.6 Å². The molecule has 1 atom stereocenters. The van der Waals surface area contributed by atoms with Gasteiger partial charge in [0.15, 0.2) is 0 Å². The number of esters is 1. The Balaban J connectivity index is 1.51. The molecule has 6 heteroatoms. The lowest BCUT2D eigenvalue weighted by Crippen LogP contribution is -2.42. The van der Waals surface area contributed by atoms with Crippen LogP contribution in [-0.4, -0.2) is 37.0 Å². The number of nitrogens with one attached hydrogen (secondary N) is 2. The summed E-state index contributed by atoms with van der Waals surface area (Å²) in [4.78, 5) is 37.3. The molecule has 42 heavy (non-hydrogen) atoms. The third kappa shape index (κ3) is 11.3. The second-order valence-electron chi connectivity index (χ2n) is 11.1. The minimum Gasteiger partial charge on any atom is -0.459 e. The van der Waals surface area contributed by atoms with Crippen molar-refractivity contribution in [1.29, 1.82) is 0 Å². The molecule has 226 valence electrons. The van der Waals surface area contributed by atoms with Crippen molar-refractivity contribution in [3.63, 3.8) is 0 Å². The predicted octanol–water partition coefficient (Wildman–Crippen LogP) is 7.32. The second kappa shape index (κ2) is 18.7. The lowest BCUT2D eigenvalue weighted by atomic mass is 9.94. The number of carbonyl (C=O) groups is 3. The minimum atomic E-state index is -0.880. The summed E-state index contributed by atoms with van der Waals surface area (Å²) in [5, 5.41) is 8.15.